The quantitative estimate of drug-likeness (QED) is 0.708. The number of nitrogens with one attached hydrogen (secondary N) is 1. The highest BCUT2D eigenvalue weighted by Crippen LogP contribution is 2.17. The zero-order valence-electron chi connectivity index (χ0n) is 16.1. The number of nitrogens with zero attached hydrogens (tertiary/aromatic N) is 1. The Labute approximate surface area is 157 Å². The molecule has 26 heavy (non-hydrogen) atoms. The zero-order valence-corrected chi connectivity index (χ0v) is 16.1. The van der Waals surface area contributed by atoms with Crippen molar-refractivity contribution >= 4 is 5.91 Å². The molecule has 0 aliphatic heterocycles. The fourth-order valence-electron chi connectivity index (χ4n) is 2.92. The molecule has 4 heteroatoms. The van der Waals surface area contributed by atoms with Crippen molar-refractivity contribution in [2.24, 2.45) is 0 Å². The lowest BCUT2D eigenvalue weighted by Gasteiger charge is -2.26. The lowest BCUT2D eigenvalue weighted by atomic mass is 10.1. The van der Waals surface area contributed by atoms with E-state index in [4.69, 9.17) is 4.74 Å². The predicted octanol–water partition coefficient (Wildman–Crippen LogP) is 3.65. The molecule has 0 saturated heterocycles. The molecular formula is C22H30N2O2. The van der Waals surface area contributed by atoms with Gasteiger partial charge < -0.3 is 10.1 Å². The van der Waals surface area contributed by atoms with Gasteiger partial charge in [-0.15, -0.1) is 0 Å². The number of hydrogen-bond donors (Lipinski definition) is 1. The van der Waals surface area contributed by atoms with E-state index >= 15 is 0 Å². The molecule has 1 N–H and O–H groups in total. The summed E-state index contributed by atoms with van der Waals surface area (Å²) in [5, 5.41) is 3.02. The van der Waals surface area contributed by atoms with Crippen LogP contribution in [0.25, 0.3) is 0 Å². The Balaban J connectivity index is 1.75. The highest BCUT2D eigenvalue weighted by Gasteiger charge is 2.12. The third-order valence-corrected chi connectivity index (χ3v) is 4.49. The van der Waals surface area contributed by atoms with Gasteiger partial charge in [0.25, 0.3) is 0 Å². The second kappa shape index (κ2) is 10.6. The number of carbonyl (C=O) groups excluding carboxylic acids is 1. The number of amides is 1. The van der Waals surface area contributed by atoms with Crippen molar-refractivity contribution in [3.63, 3.8) is 0 Å². The minimum absolute atomic E-state index is 0.0959. The summed E-state index contributed by atoms with van der Waals surface area (Å²) in [6.45, 7) is 6.59. The first-order valence-corrected chi connectivity index (χ1v) is 9.26. The maximum atomic E-state index is 12.2. The fourth-order valence-corrected chi connectivity index (χ4v) is 2.92. The molecule has 0 aliphatic carbocycles. The summed E-state index contributed by atoms with van der Waals surface area (Å²) in [5.74, 6) is 0.967. The van der Waals surface area contributed by atoms with Gasteiger partial charge >= 0.3 is 0 Å². The SMILES string of the molecule is COc1ccccc1CCNC(=O)CCN(Cc1ccccc1)C(C)C. The van der Waals surface area contributed by atoms with Gasteiger partial charge in [-0.25, -0.2) is 0 Å². The van der Waals surface area contributed by atoms with Crippen LogP contribution in [0.1, 0.15) is 31.4 Å². The molecule has 0 atom stereocenters. The Bertz CT molecular complexity index is 671. The van der Waals surface area contributed by atoms with Crippen LogP contribution in [0.15, 0.2) is 54.6 Å². The maximum absolute atomic E-state index is 12.2. The van der Waals surface area contributed by atoms with Crippen molar-refractivity contribution in [3.05, 3.63) is 65.7 Å². The summed E-state index contributed by atoms with van der Waals surface area (Å²) in [4.78, 5) is 14.5. The van der Waals surface area contributed by atoms with Gasteiger partial charge in [-0.1, -0.05) is 48.5 Å². The van der Waals surface area contributed by atoms with Crippen LogP contribution in [0.5, 0.6) is 5.75 Å². The van der Waals surface area contributed by atoms with Crippen LogP contribution in [0.2, 0.25) is 0 Å². The molecule has 0 radical (unpaired) electrons. The van der Waals surface area contributed by atoms with E-state index in [9.17, 15) is 4.79 Å². The van der Waals surface area contributed by atoms with E-state index in [-0.39, 0.29) is 5.91 Å². The van der Waals surface area contributed by atoms with Gasteiger partial charge in [-0.05, 0) is 37.5 Å². The first kappa shape index (κ1) is 20.0. The van der Waals surface area contributed by atoms with E-state index in [2.05, 4.69) is 48.3 Å². The third-order valence-electron chi connectivity index (χ3n) is 4.49. The maximum Gasteiger partial charge on any atom is 0.221 e. The molecule has 0 aromatic heterocycles. The highest BCUT2D eigenvalue weighted by molar-refractivity contribution is 5.76. The van der Waals surface area contributed by atoms with Gasteiger partial charge in [0.15, 0.2) is 0 Å². The number of para-hydroxylation sites is 1. The van der Waals surface area contributed by atoms with E-state index in [1.165, 1.54) is 5.56 Å². The topological polar surface area (TPSA) is 41.6 Å². The smallest absolute Gasteiger partial charge is 0.221 e. The molecule has 0 saturated carbocycles. The van der Waals surface area contributed by atoms with Crippen LogP contribution in [-0.2, 0) is 17.8 Å². The van der Waals surface area contributed by atoms with Crippen molar-refractivity contribution < 1.29 is 9.53 Å². The second-order valence-electron chi connectivity index (χ2n) is 6.71. The minimum atomic E-state index is 0.0959. The molecule has 2 rings (SSSR count). The van der Waals surface area contributed by atoms with Crippen LogP contribution >= 0.6 is 0 Å². The summed E-state index contributed by atoms with van der Waals surface area (Å²) < 4.78 is 5.35. The van der Waals surface area contributed by atoms with Gasteiger partial charge in [-0.3, -0.25) is 9.69 Å². The van der Waals surface area contributed by atoms with Crippen molar-refractivity contribution in [2.75, 3.05) is 20.2 Å². The van der Waals surface area contributed by atoms with Crippen molar-refractivity contribution in [2.45, 2.75) is 39.3 Å². The van der Waals surface area contributed by atoms with Crippen LogP contribution in [0, 0.1) is 0 Å². The summed E-state index contributed by atoms with van der Waals surface area (Å²) in [6, 6.07) is 18.7. The molecule has 0 heterocycles. The molecule has 140 valence electrons. The molecule has 0 aliphatic rings. The number of methoxy groups -OCH3 is 1. The summed E-state index contributed by atoms with van der Waals surface area (Å²) in [5.41, 5.74) is 2.39. The molecule has 2 aromatic rings. The van der Waals surface area contributed by atoms with Gasteiger partial charge in [0.05, 0.1) is 7.11 Å². The molecule has 0 fully saturated rings. The third kappa shape index (κ3) is 6.52. The van der Waals surface area contributed by atoms with Crippen molar-refractivity contribution in [3.8, 4) is 5.75 Å². The Morgan fingerprint density at radius 1 is 1.08 bits per heavy atom. The fraction of sp³-hybridized carbons (Fsp3) is 0.409. The molecule has 4 nitrogen and oxygen atoms in total. The van der Waals surface area contributed by atoms with Gasteiger partial charge in [-0.2, -0.15) is 0 Å². The van der Waals surface area contributed by atoms with Crippen LogP contribution in [0.3, 0.4) is 0 Å². The average Bonchev–Trinajstić information content (AvgIpc) is 2.66. The lowest BCUT2D eigenvalue weighted by molar-refractivity contribution is -0.121. The molecule has 0 unspecified atom stereocenters. The van der Waals surface area contributed by atoms with Gasteiger partial charge in [0.1, 0.15) is 5.75 Å². The number of rotatable bonds is 10. The standard InChI is InChI=1S/C22H30N2O2/c1-18(2)24(17-19-9-5-4-6-10-19)16-14-22(25)23-15-13-20-11-7-8-12-21(20)26-3/h4-12,18H,13-17H2,1-3H3,(H,23,25). The summed E-state index contributed by atoms with van der Waals surface area (Å²) >= 11 is 0. The number of carbonyl (C=O) groups is 1. The van der Waals surface area contributed by atoms with E-state index in [0.29, 0.717) is 19.0 Å². The summed E-state index contributed by atoms with van der Waals surface area (Å²) in [7, 11) is 1.67. The lowest BCUT2D eigenvalue weighted by Crippen LogP contribution is -2.35. The summed E-state index contributed by atoms with van der Waals surface area (Å²) in [6.07, 6.45) is 1.28. The average molecular weight is 354 g/mol. The highest BCUT2D eigenvalue weighted by atomic mass is 16.5. The monoisotopic (exact) mass is 354 g/mol. The normalized spacial score (nSPS) is 11.0. The number of benzene rings is 2. The van der Waals surface area contributed by atoms with Gasteiger partial charge in [0.2, 0.25) is 5.91 Å². The largest absolute Gasteiger partial charge is 0.496 e. The van der Waals surface area contributed by atoms with E-state index in [1.54, 1.807) is 7.11 Å². The zero-order chi connectivity index (χ0) is 18.8. The van der Waals surface area contributed by atoms with Crippen LogP contribution < -0.4 is 10.1 Å². The number of hydrogen-bond acceptors (Lipinski definition) is 3. The minimum Gasteiger partial charge on any atom is -0.496 e. The molecule has 2 aromatic carbocycles. The Hall–Kier alpha value is -2.33. The molecule has 0 spiro atoms. The van der Waals surface area contributed by atoms with Crippen LogP contribution in [-0.4, -0.2) is 37.0 Å². The van der Waals surface area contributed by atoms with Crippen molar-refractivity contribution in [1.82, 2.24) is 10.2 Å². The molecule has 1 amide bonds. The first-order valence-electron chi connectivity index (χ1n) is 9.26. The molecule has 0 bridgehead atoms. The molecular weight excluding hydrogens is 324 g/mol. The number of ether oxygens (including phenoxy) is 1. The van der Waals surface area contributed by atoms with Crippen molar-refractivity contribution in [1.29, 1.82) is 0 Å². The Morgan fingerprint density at radius 3 is 2.46 bits per heavy atom. The van der Waals surface area contributed by atoms with E-state index < -0.39 is 0 Å². The van der Waals surface area contributed by atoms with E-state index in [0.717, 1.165) is 30.8 Å². The predicted molar refractivity (Wildman–Crippen MR) is 106 cm³/mol. The van der Waals surface area contributed by atoms with Crippen LogP contribution in [0.4, 0.5) is 0 Å². The second-order valence-corrected chi connectivity index (χ2v) is 6.71. The Kier molecular flexibility index (Phi) is 8.16. The first-order chi connectivity index (χ1) is 12.6. The van der Waals surface area contributed by atoms with E-state index in [1.807, 2.05) is 30.3 Å². The Morgan fingerprint density at radius 2 is 1.77 bits per heavy atom. The van der Waals surface area contributed by atoms with Gasteiger partial charge in [0, 0.05) is 32.1 Å².